The second-order valence-electron chi connectivity index (χ2n) is 7.01. The molecule has 1 saturated heterocycles. The fourth-order valence-corrected chi connectivity index (χ4v) is 3.49. The third-order valence-electron chi connectivity index (χ3n) is 5.12. The summed E-state index contributed by atoms with van der Waals surface area (Å²) < 4.78 is 0. The molecule has 1 fully saturated rings. The van der Waals surface area contributed by atoms with Gasteiger partial charge in [-0.3, -0.25) is 19.7 Å². The summed E-state index contributed by atoms with van der Waals surface area (Å²) in [7, 11) is 0. The molecule has 0 spiro atoms. The zero-order valence-corrected chi connectivity index (χ0v) is 15.5. The lowest BCUT2D eigenvalue weighted by molar-refractivity contribution is -0.384. The largest absolute Gasteiger partial charge is 0.366 e. The number of carbonyl (C=O) groups is 2. The van der Waals surface area contributed by atoms with Gasteiger partial charge in [0.2, 0.25) is 0 Å². The highest BCUT2D eigenvalue weighted by molar-refractivity contribution is 5.98. The SMILES string of the molecule is CC(=O)c1ccc(N2CCC(C(=O)c3ccc(C)cc3)CC2)c([N+](=O)[O-])c1. The van der Waals surface area contributed by atoms with Crippen molar-refractivity contribution in [2.75, 3.05) is 18.0 Å². The molecular formula is C21H22N2O4. The molecule has 0 atom stereocenters. The Morgan fingerprint density at radius 1 is 1.04 bits per heavy atom. The van der Waals surface area contributed by atoms with E-state index in [-0.39, 0.29) is 23.2 Å². The molecule has 0 bridgehead atoms. The molecule has 1 aliphatic heterocycles. The summed E-state index contributed by atoms with van der Waals surface area (Å²) in [4.78, 5) is 37.1. The van der Waals surface area contributed by atoms with Crippen molar-refractivity contribution in [2.45, 2.75) is 26.7 Å². The molecular weight excluding hydrogens is 344 g/mol. The molecule has 6 heteroatoms. The number of piperidine rings is 1. The number of nitro groups is 1. The molecule has 3 rings (SSSR count). The minimum atomic E-state index is -0.453. The van der Waals surface area contributed by atoms with Crippen LogP contribution in [0.25, 0.3) is 0 Å². The number of nitrogens with zero attached hydrogens (tertiary/aromatic N) is 2. The highest BCUT2D eigenvalue weighted by Crippen LogP contribution is 2.33. The lowest BCUT2D eigenvalue weighted by Crippen LogP contribution is -2.36. The van der Waals surface area contributed by atoms with E-state index in [1.807, 2.05) is 36.1 Å². The first kappa shape index (κ1) is 18.8. The summed E-state index contributed by atoms with van der Waals surface area (Å²) >= 11 is 0. The van der Waals surface area contributed by atoms with Crippen LogP contribution < -0.4 is 4.90 Å². The maximum absolute atomic E-state index is 12.7. The Morgan fingerprint density at radius 3 is 2.19 bits per heavy atom. The quantitative estimate of drug-likeness (QED) is 0.450. The van der Waals surface area contributed by atoms with Crippen LogP contribution in [-0.4, -0.2) is 29.6 Å². The molecule has 1 aliphatic rings. The Morgan fingerprint density at radius 2 is 1.63 bits per heavy atom. The standard InChI is InChI=1S/C21H22N2O4/c1-14-3-5-16(6-4-14)21(25)17-9-11-22(12-10-17)19-8-7-18(15(2)24)13-20(19)23(26)27/h3-8,13,17H,9-12H2,1-2H3. The van der Waals surface area contributed by atoms with E-state index in [1.54, 1.807) is 12.1 Å². The summed E-state index contributed by atoms with van der Waals surface area (Å²) in [5.74, 6) is -0.136. The van der Waals surface area contributed by atoms with Crippen molar-refractivity contribution in [1.82, 2.24) is 0 Å². The Hall–Kier alpha value is -3.02. The highest BCUT2D eigenvalue weighted by Gasteiger charge is 2.29. The third-order valence-corrected chi connectivity index (χ3v) is 5.12. The summed E-state index contributed by atoms with van der Waals surface area (Å²) in [6.45, 7) is 4.52. The van der Waals surface area contributed by atoms with E-state index < -0.39 is 4.92 Å². The van der Waals surface area contributed by atoms with Gasteiger partial charge in [0.05, 0.1) is 4.92 Å². The van der Waals surface area contributed by atoms with Crippen LogP contribution in [0.15, 0.2) is 42.5 Å². The van der Waals surface area contributed by atoms with Crippen molar-refractivity contribution >= 4 is 22.9 Å². The van der Waals surface area contributed by atoms with E-state index in [0.717, 1.165) is 11.1 Å². The van der Waals surface area contributed by atoms with Crippen LogP contribution in [0.5, 0.6) is 0 Å². The highest BCUT2D eigenvalue weighted by atomic mass is 16.6. The maximum Gasteiger partial charge on any atom is 0.293 e. The van der Waals surface area contributed by atoms with Crippen molar-refractivity contribution < 1.29 is 14.5 Å². The molecule has 27 heavy (non-hydrogen) atoms. The van der Waals surface area contributed by atoms with E-state index >= 15 is 0 Å². The van der Waals surface area contributed by atoms with Gasteiger partial charge >= 0.3 is 0 Å². The van der Waals surface area contributed by atoms with Crippen molar-refractivity contribution in [3.63, 3.8) is 0 Å². The molecule has 0 saturated carbocycles. The zero-order valence-electron chi connectivity index (χ0n) is 15.5. The topological polar surface area (TPSA) is 80.5 Å². The van der Waals surface area contributed by atoms with E-state index in [4.69, 9.17) is 0 Å². The van der Waals surface area contributed by atoms with Crippen molar-refractivity contribution in [1.29, 1.82) is 0 Å². The number of anilines is 1. The molecule has 1 heterocycles. The fourth-order valence-electron chi connectivity index (χ4n) is 3.49. The Kier molecular flexibility index (Phi) is 5.35. The molecule has 2 aromatic rings. The monoisotopic (exact) mass is 366 g/mol. The van der Waals surface area contributed by atoms with Crippen LogP contribution in [0.4, 0.5) is 11.4 Å². The normalized spacial score (nSPS) is 14.8. The molecule has 0 radical (unpaired) electrons. The molecule has 140 valence electrons. The van der Waals surface area contributed by atoms with Crippen molar-refractivity contribution in [3.8, 4) is 0 Å². The van der Waals surface area contributed by atoms with Gasteiger partial charge in [0.25, 0.3) is 5.69 Å². The van der Waals surface area contributed by atoms with Crippen LogP contribution >= 0.6 is 0 Å². The predicted octanol–water partition coefficient (Wildman–Crippen LogP) is 4.21. The molecule has 0 aliphatic carbocycles. The third kappa shape index (κ3) is 4.05. The number of nitro benzene ring substituents is 1. The van der Waals surface area contributed by atoms with Gasteiger partial charge < -0.3 is 4.90 Å². The summed E-state index contributed by atoms with van der Waals surface area (Å²) in [5, 5.41) is 11.4. The minimum absolute atomic E-state index is 0.0639. The van der Waals surface area contributed by atoms with Crippen LogP contribution in [0.3, 0.4) is 0 Å². The maximum atomic E-state index is 12.7. The first-order valence-corrected chi connectivity index (χ1v) is 9.02. The van der Waals surface area contributed by atoms with Gasteiger partial charge in [0.1, 0.15) is 5.69 Å². The van der Waals surface area contributed by atoms with Gasteiger partial charge in [-0.25, -0.2) is 0 Å². The molecule has 0 amide bonds. The van der Waals surface area contributed by atoms with E-state index in [9.17, 15) is 19.7 Å². The van der Waals surface area contributed by atoms with Gasteiger partial charge in [-0.05, 0) is 38.8 Å². The van der Waals surface area contributed by atoms with E-state index in [2.05, 4.69) is 0 Å². The first-order chi connectivity index (χ1) is 12.9. The number of benzene rings is 2. The fraction of sp³-hybridized carbons (Fsp3) is 0.333. The number of Topliss-reactive ketones (excluding diaryl/α,β-unsaturated/α-hetero) is 2. The van der Waals surface area contributed by atoms with Crippen LogP contribution in [-0.2, 0) is 0 Å². The van der Waals surface area contributed by atoms with Crippen molar-refractivity contribution in [3.05, 3.63) is 69.3 Å². The number of hydrogen-bond acceptors (Lipinski definition) is 5. The van der Waals surface area contributed by atoms with Gasteiger partial charge in [-0.2, -0.15) is 0 Å². The molecule has 0 aromatic heterocycles. The zero-order chi connectivity index (χ0) is 19.6. The van der Waals surface area contributed by atoms with Crippen LogP contribution in [0.1, 0.15) is 46.0 Å². The van der Waals surface area contributed by atoms with E-state index in [1.165, 1.54) is 13.0 Å². The number of ketones is 2. The molecule has 6 nitrogen and oxygen atoms in total. The Bertz CT molecular complexity index is 882. The molecule has 0 unspecified atom stereocenters. The first-order valence-electron chi connectivity index (χ1n) is 9.02. The number of hydrogen-bond donors (Lipinski definition) is 0. The summed E-state index contributed by atoms with van der Waals surface area (Å²) in [6, 6.07) is 12.2. The average molecular weight is 366 g/mol. The predicted molar refractivity (Wildman–Crippen MR) is 104 cm³/mol. The Labute approximate surface area is 158 Å². The van der Waals surface area contributed by atoms with Gasteiger partial charge in [0, 0.05) is 36.2 Å². The van der Waals surface area contributed by atoms with Crippen LogP contribution in [0.2, 0.25) is 0 Å². The summed E-state index contributed by atoms with van der Waals surface area (Å²) in [6.07, 6.45) is 1.30. The minimum Gasteiger partial charge on any atom is -0.366 e. The van der Waals surface area contributed by atoms with Gasteiger partial charge in [-0.15, -0.1) is 0 Å². The van der Waals surface area contributed by atoms with Crippen LogP contribution in [0, 0.1) is 23.0 Å². The smallest absolute Gasteiger partial charge is 0.293 e. The lowest BCUT2D eigenvalue weighted by Gasteiger charge is -2.32. The second-order valence-corrected chi connectivity index (χ2v) is 7.01. The van der Waals surface area contributed by atoms with Gasteiger partial charge in [0.15, 0.2) is 11.6 Å². The van der Waals surface area contributed by atoms with Crippen molar-refractivity contribution in [2.24, 2.45) is 5.92 Å². The lowest BCUT2D eigenvalue weighted by atomic mass is 9.88. The molecule has 2 aromatic carbocycles. The number of rotatable bonds is 5. The summed E-state index contributed by atoms with van der Waals surface area (Å²) in [5.41, 5.74) is 2.60. The number of aryl methyl sites for hydroxylation is 1. The van der Waals surface area contributed by atoms with Gasteiger partial charge in [-0.1, -0.05) is 29.8 Å². The Balaban J connectivity index is 1.74. The molecule has 0 N–H and O–H groups in total. The second kappa shape index (κ2) is 7.70. The average Bonchev–Trinajstić information content (AvgIpc) is 2.67. The number of carbonyl (C=O) groups excluding carboxylic acids is 2. The van der Waals surface area contributed by atoms with E-state index in [0.29, 0.717) is 37.2 Å².